The fraction of sp³-hybridized carbons (Fsp3) is 0.571. The average molecular weight is 381 g/mol. The summed E-state index contributed by atoms with van der Waals surface area (Å²) in [5, 5.41) is 0. The van der Waals surface area contributed by atoms with Crippen LogP contribution in [-0.4, -0.2) is 56.2 Å². The van der Waals surface area contributed by atoms with E-state index in [2.05, 4.69) is 19.9 Å². The van der Waals surface area contributed by atoms with E-state index >= 15 is 0 Å². The number of rotatable bonds is 2. The standard InChI is InChI=1S/C21H27N5O2/c1-14-16(5-9-22-14)20(28)25-11-7-21(8-12-25)18-17(23-13-24-18)6-10-26(21)19(27)15-3-2-4-15/h5,9,13,15,22H,2-4,6-8,10-12H2,1H3,(H,23,24). The predicted octanol–water partition coefficient (Wildman–Crippen LogP) is 2.36. The molecule has 7 nitrogen and oxygen atoms in total. The zero-order chi connectivity index (χ0) is 19.3. The molecule has 0 atom stereocenters. The third-order valence-corrected chi connectivity index (χ3v) is 7.04. The van der Waals surface area contributed by atoms with Crippen LogP contribution < -0.4 is 0 Å². The predicted molar refractivity (Wildman–Crippen MR) is 104 cm³/mol. The number of nitrogens with one attached hydrogen (secondary N) is 2. The summed E-state index contributed by atoms with van der Waals surface area (Å²) in [6, 6.07) is 1.85. The highest BCUT2D eigenvalue weighted by molar-refractivity contribution is 5.95. The molecule has 1 aliphatic carbocycles. The molecule has 2 aromatic heterocycles. The summed E-state index contributed by atoms with van der Waals surface area (Å²) in [5.74, 6) is 0.546. The van der Waals surface area contributed by atoms with Crippen LogP contribution in [0.2, 0.25) is 0 Å². The van der Waals surface area contributed by atoms with Crippen LogP contribution in [0.5, 0.6) is 0 Å². The summed E-state index contributed by atoms with van der Waals surface area (Å²) in [7, 11) is 0. The minimum Gasteiger partial charge on any atom is -0.365 e. The SMILES string of the molecule is Cc1[nH]ccc1C(=O)N1CCC2(CC1)c1nc[nH]c1CCN2C(=O)C1CCC1. The van der Waals surface area contributed by atoms with Gasteiger partial charge in [0.05, 0.1) is 23.1 Å². The van der Waals surface area contributed by atoms with Crippen LogP contribution in [0.4, 0.5) is 0 Å². The number of aromatic nitrogens is 3. The van der Waals surface area contributed by atoms with Gasteiger partial charge in [0.15, 0.2) is 0 Å². The van der Waals surface area contributed by atoms with Gasteiger partial charge in [-0.3, -0.25) is 9.59 Å². The summed E-state index contributed by atoms with van der Waals surface area (Å²) >= 11 is 0. The number of nitrogens with zero attached hydrogens (tertiary/aromatic N) is 3. The molecule has 2 aliphatic heterocycles. The first kappa shape index (κ1) is 17.5. The van der Waals surface area contributed by atoms with Gasteiger partial charge in [0.2, 0.25) is 5.91 Å². The van der Waals surface area contributed by atoms with E-state index in [1.165, 1.54) is 0 Å². The van der Waals surface area contributed by atoms with E-state index in [1.807, 2.05) is 24.1 Å². The van der Waals surface area contributed by atoms with Crippen LogP contribution in [-0.2, 0) is 16.8 Å². The van der Waals surface area contributed by atoms with Gasteiger partial charge in [-0.25, -0.2) is 4.98 Å². The van der Waals surface area contributed by atoms with Crippen molar-refractivity contribution in [2.75, 3.05) is 19.6 Å². The van der Waals surface area contributed by atoms with E-state index in [1.54, 1.807) is 6.33 Å². The lowest BCUT2D eigenvalue weighted by molar-refractivity contribution is -0.148. The first-order valence-corrected chi connectivity index (χ1v) is 10.4. The molecule has 1 saturated heterocycles. The number of H-pyrrole nitrogens is 2. The fourth-order valence-corrected chi connectivity index (χ4v) is 5.12. The van der Waals surface area contributed by atoms with Gasteiger partial charge < -0.3 is 19.8 Å². The summed E-state index contributed by atoms with van der Waals surface area (Å²) in [6.07, 6.45) is 9.07. The topological polar surface area (TPSA) is 85.1 Å². The van der Waals surface area contributed by atoms with Crippen molar-refractivity contribution in [1.82, 2.24) is 24.8 Å². The third kappa shape index (κ3) is 2.52. The first-order valence-electron chi connectivity index (χ1n) is 10.4. The largest absolute Gasteiger partial charge is 0.365 e. The summed E-state index contributed by atoms with van der Waals surface area (Å²) in [4.78, 5) is 41.2. The van der Waals surface area contributed by atoms with E-state index in [9.17, 15) is 9.59 Å². The van der Waals surface area contributed by atoms with Crippen LogP contribution >= 0.6 is 0 Å². The Hall–Kier alpha value is -2.57. The maximum absolute atomic E-state index is 13.2. The lowest BCUT2D eigenvalue weighted by Gasteiger charge is -2.51. The molecule has 1 spiro atoms. The smallest absolute Gasteiger partial charge is 0.255 e. The molecule has 4 heterocycles. The Kier molecular flexibility index (Phi) is 4.07. The monoisotopic (exact) mass is 381 g/mol. The summed E-state index contributed by atoms with van der Waals surface area (Å²) in [5.41, 5.74) is 3.45. The Morgan fingerprint density at radius 3 is 2.61 bits per heavy atom. The summed E-state index contributed by atoms with van der Waals surface area (Å²) in [6.45, 7) is 3.96. The van der Waals surface area contributed by atoms with E-state index in [0.717, 1.165) is 67.7 Å². The molecular formula is C21H27N5O2. The minimum absolute atomic E-state index is 0.0727. The lowest BCUT2D eigenvalue weighted by Crippen LogP contribution is -2.60. The number of aromatic amines is 2. The number of hydrogen-bond acceptors (Lipinski definition) is 3. The van der Waals surface area contributed by atoms with Crippen LogP contribution in [0, 0.1) is 12.8 Å². The molecule has 148 valence electrons. The molecule has 2 amide bonds. The Morgan fingerprint density at radius 2 is 1.96 bits per heavy atom. The first-order chi connectivity index (χ1) is 13.6. The molecular weight excluding hydrogens is 354 g/mol. The van der Waals surface area contributed by atoms with Gasteiger partial charge in [-0.15, -0.1) is 0 Å². The molecule has 28 heavy (non-hydrogen) atoms. The zero-order valence-electron chi connectivity index (χ0n) is 16.3. The molecule has 1 saturated carbocycles. The van der Waals surface area contributed by atoms with E-state index in [0.29, 0.717) is 19.0 Å². The van der Waals surface area contributed by atoms with E-state index in [4.69, 9.17) is 0 Å². The molecule has 0 aromatic carbocycles. The quantitative estimate of drug-likeness (QED) is 0.837. The maximum Gasteiger partial charge on any atom is 0.255 e. The lowest BCUT2D eigenvalue weighted by atomic mass is 9.76. The normalized spacial score (nSPS) is 21.5. The second-order valence-corrected chi connectivity index (χ2v) is 8.44. The number of aryl methyl sites for hydroxylation is 1. The van der Waals surface area contributed by atoms with Gasteiger partial charge in [-0.1, -0.05) is 6.42 Å². The average Bonchev–Trinajstić information content (AvgIpc) is 3.30. The van der Waals surface area contributed by atoms with Gasteiger partial charge in [0, 0.05) is 49.6 Å². The molecule has 7 heteroatoms. The molecule has 2 fully saturated rings. The Bertz CT molecular complexity index is 902. The molecule has 0 unspecified atom stereocenters. The highest BCUT2D eigenvalue weighted by Crippen LogP contribution is 2.44. The summed E-state index contributed by atoms with van der Waals surface area (Å²) < 4.78 is 0. The van der Waals surface area contributed by atoms with Crippen molar-refractivity contribution >= 4 is 11.8 Å². The number of amides is 2. The molecule has 0 radical (unpaired) electrons. The molecule has 5 rings (SSSR count). The Labute approximate surface area is 164 Å². The van der Waals surface area contributed by atoms with Gasteiger partial charge >= 0.3 is 0 Å². The molecule has 0 bridgehead atoms. The van der Waals surface area contributed by atoms with Crippen LogP contribution in [0.25, 0.3) is 0 Å². The second kappa shape index (κ2) is 6.50. The van der Waals surface area contributed by atoms with Gasteiger partial charge in [0.25, 0.3) is 5.91 Å². The van der Waals surface area contributed by atoms with Crippen molar-refractivity contribution in [2.24, 2.45) is 5.92 Å². The van der Waals surface area contributed by atoms with Gasteiger partial charge in [0.1, 0.15) is 0 Å². The Balaban J connectivity index is 1.42. The number of imidazole rings is 1. The zero-order valence-corrected chi connectivity index (χ0v) is 16.3. The van der Waals surface area contributed by atoms with Crippen molar-refractivity contribution in [3.63, 3.8) is 0 Å². The van der Waals surface area contributed by atoms with E-state index < -0.39 is 0 Å². The number of fused-ring (bicyclic) bond motifs is 2. The highest BCUT2D eigenvalue weighted by atomic mass is 16.2. The molecule has 2 N–H and O–H groups in total. The Morgan fingerprint density at radius 1 is 1.18 bits per heavy atom. The van der Waals surface area contributed by atoms with Crippen LogP contribution in [0.3, 0.4) is 0 Å². The van der Waals surface area contributed by atoms with Crippen molar-refractivity contribution in [3.05, 3.63) is 41.2 Å². The maximum atomic E-state index is 13.2. The minimum atomic E-state index is -0.371. The van der Waals surface area contributed by atoms with E-state index in [-0.39, 0.29) is 17.4 Å². The molecule has 2 aromatic rings. The fourth-order valence-electron chi connectivity index (χ4n) is 5.12. The van der Waals surface area contributed by atoms with Gasteiger partial charge in [-0.05, 0) is 38.7 Å². The van der Waals surface area contributed by atoms with Crippen molar-refractivity contribution in [3.8, 4) is 0 Å². The number of carbonyl (C=O) groups excluding carboxylic acids is 2. The molecule has 3 aliphatic rings. The highest BCUT2D eigenvalue weighted by Gasteiger charge is 2.50. The number of likely N-dealkylation sites (tertiary alicyclic amines) is 1. The second-order valence-electron chi connectivity index (χ2n) is 8.44. The number of piperidine rings is 1. The number of carbonyl (C=O) groups is 2. The third-order valence-electron chi connectivity index (χ3n) is 7.04. The van der Waals surface area contributed by atoms with Crippen LogP contribution in [0.1, 0.15) is 59.5 Å². The van der Waals surface area contributed by atoms with Crippen LogP contribution in [0.15, 0.2) is 18.6 Å². The van der Waals surface area contributed by atoms with Crippen molar-refractivity contribution < 1.29 is 9.59 Å². The van der Waals surface area contributed by atoms with Crippen molar-refractivity contribution in [2.45, 2.75) is 51.0 Å². The van der Waals surface area contributed by atoms with Crippen molar-refractivity contribution in [1.29, 1.82) is 0 Å². The number of hydrogen-bond donors (Lipinski definition) is 2. The van der Waals surface area contributed by atoms with Gasteiger partial charge in [-0.2, -0.15) is 0 Å².